The Morgan fingerprint density at radius 2 is 1.93 bits per heavy atom. The molecule has 134 valence electrons. The Labute approximate surface area is 160 Å². The number of aryl methyl sites for hydroxylation is 1. The van der Waals surface area contributed by atoms with Gasteiger partial charge >= 0.3 is 0 Å². The topological polar surface area (TPSA) is 79.9 Å². The number of ether oxygens (including phenoxy) is 1. The molecule has 1 amide bonds. The van der Waals surface area contributed by atoms with Crippen LogP contribution < -0.4 is 10.1 Å². The first-order chi connectivity index (χ1) is 13.1. The van der Waals surface area contributed by atoms with Crippen LogP contribution in [0.25, 0.3) is 11.0 Å². The maximum absolute atomic E-state index is 12.5. The standard InChI is InChI=1S/C20H15ClN4O2/c1-12-9-17-18(11-16(12)21)25-19(24-17)20(26)23-13-3-2-4-15(10-13)27-14-5-7-22-8-6-14/h2-11H,1H3,(H,23,26)(H,24,25). The minimum Gasteiger partial charge on any atom is -0.457 e. The van der Waals surface area contributed by atoms with Gasteiger partial charge in [0, 0.05) is 29.2 Å². The van der Waals surface area contributed by atoms with Crippen LogP contribution in [0.15, 0.2) is 60.9 Å². The predicted octanol–water partition coefficient (Wildman–Crippen LogP) is 4.96. The molecular weight excluding hydrogens is 364 g/mol. The van der Waals surface area contributed by atoms with Gasteiger partial charge in [0.1, 0.15) is 11.5 Å². The van der Waals surface area contributed by atoms with Gasteiger partial charge in [-0.25, -0.2) is 4.98 Å². The number of hydrogen-bond acceptors (Lipinski definition) is 4. The molecule has 0 aliphatic rings. The molecule has 0 unspecified atom stereocenters. The molecule has 4 rings (SSSR count). The van der Waals surface area contributed by atoms with Crippen LogP contribution in [0.4, 0.5) is 5.69 Å². The van der Waals surface area contributed by atoms with Crippen molar-refractivity contribution in [3.63, 3.8) is 0 Å². The van der Waals surface area contributed by atoms with E-state index in [1.54, 1.807) is 48.8 Å². The number of halogens is 1. The maximum atomic E-state index is 12.5. The highest BCUT2D eigenvalue weighted by atomic mass is 35.5. The molecule has 0 spiro atoms. The van der Waals surface area contributed by atoms with E-state index in [9.17, 15) is 4.79 Å². The molecule has 7 heteroatoms. The second-order valence-corrected chi connectivity index (χ2v) is 6.38. The fourth-order valence-corrected chi connectivity index (χ4v) is 2.78. The first-order valence-corrected chi connectivity index (χ1v) is 8.61. The zero-order valence-electron chi connectivity index (χ0n) is 14.4. The molecule has 0 fully saturated rings. The van der Waals surface area contributed by atoms with Crippen LogP contribution in [0, 0.1) is 6.92 Å². The van der Waals surface area contributed by atoms with E-state index >= 15 is 0 Å². The Hall–Kier alpha value is -3.38. The van der Waals surface area contributed by atoms with Crippen molar-refractivity contribution in [3.8, 4) is 11.5 Å². The highest BCUT2D eigenvalue weighted by Gasteiger charge is 2.13. The molecule has 2 aromatic heterocycles. The average molecular weight is 379 g/mol. The predicted molar refractivity (Wildman–Crippen MR) is 105 cm³/mol. The number of anilines is 1. The van der Waals surface area contributed by atoms with Gasteiger partial charge < -0.3 is 15.0 Å². The smallest absolute Gasteiger partial charge is 0.291 e. The number of carbonyl (C=O) groups is 1. The quantitative estimate of drug-likeness (QED) is 0.525. The van der Waals surface area contributed by atoms with E-state index in [4.69, 9.17) is 16.3 Å². The Morgan fingerprint density at radius 3 is 2.74 bits per heavy atom. The summed E-state index contributed by atoms with van der Waals surface area (Å²) in [4.78, 5) is 23.8. The Morgan fingerprint density at radius 1 is 1.11 bits per heavy atom. The summed E-state index contributed by atoms with van der Waals surface area (Å²) in [5, 5.41) is 3.43. The minimum absolute atomic E-state index is 0.215. The summed E-state index contributed by atoms with van der Waals surface area (Å²) in [6.07, 6.45) is 3.30. The van der Waals surface area contributed by atoms with Crippen LogP contribution in [-0.2, 0) is 0 Å². The van der Waals surface area contributed by atoms with Crippen molar-refractivity contribution < 1.29 is 9.53 Å². The van der Waals surface area contributed by atoms with Gasteiger partial charge in [-0.3, -0.25) is 9.78 Å². The zero-order chi connectivity index (χ0) is 18.8. The van der Waals surface area contributed by atoms with Gasteiger partial charge in [-0.1, -0.05) is 17.7 Å². The summed E-state index contributed by atoms with van der Waals surface area (Å²) in [6.45, 7) is 1.90. The van der Waals surface area contributed by atoms with Crippen molar-refractivity contribution >= 4 is 34.2 Å². The van der Waals surface area contributed by atoms with Gasteiger partial charge in [0.05, 0.1) is 11.0 Å². The van der Waals surface area contributed by atoms with E-state index in [0.29, 0.717) is 27.7 Å². The molecular formula is C20H15ClN4O2. The zero-order valence-corrected chi connectivity index (χ0v) is 15.1. The number of benzene rings is 2. The van der Waals surface area contributed by atoms with E-state index < -0.39 is 0 Å². The number of hydrogen-bond donors (Lipinski definition) is 2. The Balaban J connectivity index is 1.53. The summed E-state index contributed by atoms with van der Waals surface area (Å²) < 4.78 is 5.75. The monoisotopic (exact) mass is 378 g/mol. The number of rotatable bonds is 4. The van der Waals surface area contributed by atoms with E-state index in [0.717, 1.165) is 11.1 Å². The SMILES string of the molecule is Cc1cc2[nH]c(C(=O)Nc3cccc(Oc4ccncc4)c3)nc2cc1Cl. The van der Waals surface area contributed by atoms with Crippen molar-refractivity contribution in [2.45, 2.75) is 6.92 Å². The number of H-pyrrole nitrogens is 1. The third-order valence-electron chi connectivity index (χ3n) is 3.95. The molecule has 2 aromatic carbocycles. The van der Waals surface area contributed by atoms with Crippen LogP contribution in [0.3, 0.4) is 0 Å². The number of pyridine rings is 1. The average Bonchev–Trinajstić information content (AvgIpc) is 3.06. The fraction of sp³-hybridized carbons (Fsp3) is 0.0500. The molecule has 0 saturated heterocycles. The molecule has 0 bridgehead atoms. The molecule has 0 atom stereocenters. The molecule has 0 radical (unpaired) electrons. The maximum Gasteiger partial charge on any atom is 0.291 e. The lowest BCUT2D eigenvalue weighted by atomic mass is 10.2. The number of carbonyl (C=O) groups excluding carboxylic acids is 1. The molecule has 2 heterocycles. The van der Waals surface area contributed by atoms with E-state index in [1.807, 2.05) is 19.1 Å². The number of aromatic nitrogens is 3. The van der Waals surface area contributed by atoms with Crippen LogP contribution in [0.2, 0.25) is 5.02 Å². The molecule has 6 nitrogen and oxygen atoms in total. The fourth-order valence-electron chi connectivity index (χ4n) is 2.62. The highest BCUT2D eigenvalue weighted by Crippen LogP contribution is 2.25. The second-order valence-electron chi connectivity index (χ2n) is 5.97. The Kier molecular flexibility index (Phi) is 4.48. The van der Waals surface area contributed by atoms with Crippen molar-refractivity contribution in [2.75, 3.05) is 5.32 Å². The third-order valence-corrected chi connectivity index (χ3v) is 4.36. The van der Waals surface area contributed by atoms with Crippen LogP contribution in [0.1, 0.15) is 16.2 Å². The van der Waals surface area contributed by atoms with E-state index in [-0.39, 0.29) is 11.7 Å². The third kappa shape index (κ3) is 3.75. The van der Waals surface area contributed by atoms with Crippen LogP contribution in [0.5, 0.6) is 11.5 Å². The molecule has 2 N–H and O–H groups in total. The van der Waals surface area contributed by atoms with Gasteiger partial charge in [0.15, 0.2) is 5.82 Å². The number of imidazole rings is 1. The van der Waals surface area contributed by atoms with Crippen molar-refractivity contribution in [1.29, 1.82) is 0 Å². The normalized spacial score (nSPS) is 10.7. The lowest BCUT2D eigenvalue weighted by Gasteiger charge is -2.08. The van der Waals surface area contributed by atoms with Gasteiger partial charge in [0.25, 0.3) is 5.91 Å². The molecule has 27 heavy (non-hydrogen) atoms. The molecule has 4 aromatic rings. The molecule has 0 aliphatic carbocycles. The Bertz CT molecular complexity index is 1090. The van der Waals surface area contributed by atoms with E-state index in [2.05, 4.69) is 20.3 Å². The summed E-state index contributed by atoms with van der Waals surface area (Å²) in [5.41, 5.74) is 2.92. The summed E-state index contributed by atoms with van der Waals surface area (Å²) in [5.74, 6) is 1.14. The number of amides is 1. The van der Waals surface area contributed by atoms with Gasteiger partial charge in [0.2, 0.25) is 0 Å². The van der Waals surface area contributed by atoms with Gasteiger partial charge in [-0.05, 0) is 48.9 Å². The summed E-state index contributed by atoms with van der Waals surface area (Å²) >= 11 is 6.12. The minimum atomic E-state index is -0.346. The lowest BCUT2D eigenvalue weighted by Crippen LogP contribution is -2.13. The lowest BCUT2D eigenvalue weighted by molar-refractivity contribution is 0.101. The van der Waals surface area contributed by atoms with Crippen molar-refractivity contribution in [2.24, 2.45) is 0 Å². The van der Waals surface area contributed by atoms with Crippen molar-refractivity contribution in [3.05, 3.63) is 77.3 Å². The highest BCUT2D eigenvalue weighted by molar-refractivity contribution is 6.32. The van der Waals surface area contributed by atoms with Crippen LogP contribution >= 0.6 is 11.6 Å². The van der Waals surface area contributed by atoms with E-state index in [1.165, 1.54) is 0 Å². The van der Waals surface area contributed by atoms with Crippen molar-refractivity contribution in [1.82, 2.24) is 15.0 Å². The first-order valence-electron chi connectivity index (χ1n) is 8.24. The first kappa shape index (κ1) is 17.1. The number of fused-ring (bicyclic) bond motifs is 1. The molecule has 0 aliphatic heterocycles. The second kappa shape index (κ2) is 7.09. The molecule has 0 saturated carbocycles. The summed E-state index contributed by atoms with van der Waals surface area (Å²) in [7, 11) is 0. The number of nitrogens with one attached hydrogen (secondary N) is 2. The van der Waals surface area contributed by atoms with Crippen LogP contribution in [-0.4, -0.2) is 20.9 Å². The van der Waals surface area contributed by atoms with Gasteiger partial charge in [-0.2, -0.15) is 0 Å². The number of nitrogens with zero attached hydrogens (tertiary/aromatic N) is 2. The van der Waals surface area contributed by atoms with Gasteiger partial charge in [-0.15, -0.1) is 0 Å². The largest absolute Gasteiger partial charge is 0.457 e. The number of aromatic amines is 1. The summed E-state index contributed by atoms with van der Waals surface area (Å²) in [6, 6.07) is 14.2.